The molecule has 2 aromatic rings. The van der Waals surface area contributed by atoms with E-state index in [0.717, 1.165) is 23.3 Å². The van der Waals surface area contributed by atoms with E-state index in [1.165, 1.54) is 6.07 Å². The van der Waals surface area contributed by atoms with Crippen molar-refractivity contribution in [3.05, 3.63) is 65.0 Å². The van der Waals surface area contributed by atoms with Crippen LogP contribution in [0.1, 0.15) is 29.2 Å². The molecule has 1 aliphatic heterocycles. The molecule has 3 N–H and O–H groups in total. The Hall–Kier alpha value is -1.87. The Labute approximate surface area is 169 Å². The van der Waals surface area contributed by atoms with Gasteiger partial charge in [0, 0.05) is 31.1 Å². The lowest BCUT2D eigenvalue weighted by Crippen LogP contribution is -2.40. The van der Waals surface area contributed by atoms with E-state index in [-0.39, 0.29) is 36.6 Å². The summed E-state index contributed by atoms with van der Waals surface area (Å²) in [6.45, 7) is 0.826. The van der Waals surface area contributed by atoms with Crippen LogP contribution in [0, 0.1) is 5.82 Å². The van der Waals surface area contributed by atoms with E-state index in [0.29, 0.717) is 24.7 Å². The van der Waals surface area contributed by atoms with E-state index in [1.54, 1.807) is 19.2 Å². The lowest BCUT2D eigenvalue weighted by molar-refractivity contribution is 0.261. The van der Waals surface area contributed by atoms with E-state index < -0.39 is 5.82 Å². The molecular formula is C19H23FIN3O2. The summed E-state index contributed by atoms with van der Waals surface area (Å²) < 4.78 is 19.1. The van der Waals surface area contributed by atoms with E-state index in [9.17, 15) is 4.39 Å². The van der Waals surface area contributed by atoms with Crippen LogP contribution in [0.2, 0.25) is 0 Å². The van der Waals surface area contributed by atoms with Crippen LogP contribution in [-0.4, -0.2) is 24.7 Å². The number of fused-ring (bicyclic) bond motifs is 1. The third-order valence-corrected chi connectivity index (χ3v) is 4.23. The highest BCUT2D eigenvalue weighted by Crippen LogP contribution is 2.31. The van der Waals surface area contributed by atoms with Crippen molar-refractivity contribution in [3.8, 4) is 5.75 Å². The number of hydrogen-bond acceptors (Lipinski definition) is 3. The van der Waals surface area contributed by atoms with Crippen molar-refractivity contribution >= 4 is 29.9 Å². The second kappa shape index (κ2) is 9.72. The van der Waals surface area contributed by atoms with Gasteiger partial charge in [-0.1, -0.05) is 24.3 Å². The summed E-state index contributed by atoms with van der Waals surface area (Å²) in [5.41, 5.74) is 2.28. The lowest BCUT2D eigenvalue weighted by Gasteiger charge is -2.28. The number of nitrogens with one attached hydrogen (secondary N) is 2. The Kier molecular flexibility index (Phi) is 7.65. The molecule has 0 aliphatic carbocycles. The topological polar surface area (TPSA) is 65.9 Å². The maximum absolute atomic E-state index is 13.5. The van der Waals surface area contributed by atoms with Crippen LogP contribution < -0.4 is 15.4 Å². The van der Waals surface area contributed by atoms with Crippen molar-refractivity contribution in [2.45, 2.75) is 25.6 Å². The molecule has 1 heterocycles. The number of halogens is 2. The van der Waals surface area contributed by atoms with Gasteiger partial charge in [0.25, 0.3) is 0 Å². The molecule has 140 valence electrons. The molecule has 1 aliphatic rings. The maximum Gasteiger partial charge on any atom is 0.191 e. The number of aliphatic hydroxyl groups excluding tert-OH is 1. The van der Waals surface area contributed by atoms with Crippen molar-refractivity contribution in [3.63, 3.8) is 0 Å². The quantitative estimate of drug-likeness (QED) is 0.365. The fraction of sp³-hybridized carbons (Fsp3) is 0.316. The highest BCUT2D eigenvalue weighted by atomic mass is 127. The summed E-state index contributed by atoms with van der Waals surface area (Å²) in [7, 11) is 1.71. The Morgan fingerprint density at radius 1 is 1.31 bits per heavy atom. The van der Waals surface area contributed by atoms with Crippen molar-refractivity contribution in [2.75, 3.05) is 13.7 Å². The van der Waals surface area contributed by atoms with Gasteiger partial charge in [0.2, 0.25) is 0 Å². The number of aliphatic hydroxyl groups is 1. The molecule has 1 unspecified atom stereocenters. The normalized spacial score (nSPS) is 16.1. The molecule has 5 nitrogen and oxygen atoms in total. The zero-order chi connectivity index (χ0) is 17.6. The fourth-order valence-electron chi connectivity index (χ4n) is 2.90. The van der Waals surface area contributed by atoms with Gasteiger partial charge in [-0.2, -0.15) is 0 Å². The average Bonchev–Trinajstić information content (AvgIpc) is 2.66. The standard InChI is InChI=1S/C19H22FN3O2.HI/c1-21-19(22-11-13-6-7-16(20)14(10-13)12-24)23-17-8-9-25-18-5-3-2-4-15(17)18;/h2-7,10,17,24H,8-9,11-12H2,1H3,(H2,21,22,23);1H. The minimum absolute atomic E-state index is 0. The average molecular weight is 471 g/mol. The Morgan fingerprint density at radius 3 is 2.88 bits per heavy atom. The van der Waals surface area contributed by atoms with Crippen LogP contribution in [0.3, 0.4) is 0 Å². The smallest absolute Gasteiger partial charge is 0.191 e. The predicted octanol–water partition coefficient (Wildman–Crippen LogP) is 3.12. The van der Waals surface area contributed by atoms with Gasteiger partial charge in [0.05, 0.1) is 19.3 Å². The number of rotatable bonds is 4. The first kappa shape index (κ1) is 20.4. The molecule has 0 spiro atoms. The minimum Gasteiger partial charge on any atom is -0.493 e. The molecule has 26 heavy (non-hydrogen) atoms. The fourth-order valence-corrected chi connectivity index (χ4v) is 2.90. The first-order valence-electron chi connectivity index (χ1n) is 8.28. The molecule has 0 saturated heterocycles. The monoisotopic (exact) mass is 471 g/mol. The van der Waals surface area contributed by atoms with Gasteiger partial charge >= 0.3 is 0 Å². The van der Waals surface area contributed by atoms with Crippen LogP contribution in [-0.2, 0) is 13.2 Å². The summed E-state index contributed by atoms with van der Waals surface area (Å²) in [6.07, 6.45) is 0.850. The van der Waals surface area contributed by atoms with Crippen LogP contribution in [0.4, 0.5) is 4.39 Å². The van der Waals surface area contributed by atoms with Crippen LogP contribution in [0.25, 0.3) is 0 Å². The predicted molar refractivity (Wildman–Crippen MR) is 110 cm³/mol. The Bertz CT molecular complexity index is 770. The SMILES string of the molecule is CN=C(NCc1ccc(F)c(CO)c1)NC1CCOc2ccccc21.I. The molecule has 0 radical (unpaired) electrons. The van der Waals surface area contributed by atoms with Crippen molar-refractivity contribution in [2.24, 2.45) is 4.99 Å². The van der Waals surface area contributed by atoms with Crippen LogP contribution in [0.5, 0.6) is 5.75 Å². The van der Waals surface area contributed by atoms with Crippen molar-refractivity contribution < 1.29 is 14.2 Å². The number of hydrogen-bond donors (Lipinski definition) is 3. The molecule has 0 fully saturated rings. The number of ether oxygens (including phenoxy) is 1. The summed E-state index contributed by atoms with van der Waals surface area (Å²) >= 11 is 0. The Balaban J connectivity index is 0.00000243. The van der Waals surface area contributed by atoms with Gasteiger partial charge in [0.1, 0.15) is 11.6 Å². The molecular weight excluding hydrogens is 448 g/mol. The van der Waals surface area contributed by atoms with Crippen molar-refractivity contribution in [1.29, 1.82) is 0 Å². The molecule has 7 heteroatoms. The van der Waals surface area contributed by atoms with Crippen LogP contribution in [0.15, 0.2) is 47.5 Å². The third-order valence-electron chi connectivity index (χ3n) is 4.23. The summed E-state index contributed by atoms with van der Waals surface area (Å²) in [5.74, 6) is 1.16. The van der Waals surface area contributed by atoms with E-state index in [1.807, 2.05) is 24.3 Å². The zero-order valence-corrected chi connectivity index (χ0v) is 16.9. The molecule has 0 saturated carbocycles. The summed E-state index contributed by atoms with van der Waals surface area (Å²) in [5, 5.41) is 15.8. The van der Waals surface area contributed by atoms with Gasteiger partial charge < -0.3 is 20.5 Å². The van der Waals surface area contributed by atoms with Gasteiger partial charge in [-0.3, -0.25) is 4.99 Å². The highest BCUT2D eigenvalue weighted by molar-refractivity contribution is 14.0. The van der Waals surface area contributed by atoms with E-state index in [2.05, 4.69) is 15.6 Å². The second-order valence-corrected chi connectivity index (χ2v) is 5.88. The maximum atomic E-state index is 13.5. The summed E-state index contributed by atoms with van der Waals surface area (Å²) in [4.78, 5) is 4.26. The molecule has 2 aromatic carbocycles. The zero-order valence-electron chi connectivity index (χ0n) is 14.5. The number of aliphatic imine (C=N–C) groups is 1. The summed E-state index contributed by atoms with van der Waals surface area (Å²) in [6, 6.07) is 12.8. The van der Waals surface area contributed by atoms with E-state index >= 15 is 0 Å². The number of benzene rings is 2. The largest absolute Gasteiger partial charge is 0.493 e. The first-order valence-corrected chi connectivity index (χ1v) is 8.28. The molecule has 0 bridgehead atoms. The van der Waals surface area contributed by atoms with Crippen LogP contribution >= 0.6 is 24.0 Å². The molecule has 1 atom stereocenters. The number of guanidine groups is 1. The number of para-hydroxylation sites is 1. The molecule has 0 amide bonds. The Morgan fingerprint density at radius 2 is 2.12 bits per heavy atom. The number of nitrogens with zero attached hydrogens (tertiary/aromatic N) is 1. The molecule has 3 rings (SSSR count). The second-order valence-electron chi connectivity index (χ2n) is 5.88. The van der Waals surface area contributed by atoms with Gasteiger partial charge in [0.15, 0.2) is 5.96 Å². The van der Waals surface area contributed by atoms with Gasteiger partial charge in [-0.05, 0) is 23.8 Å². The van der Waals surface area contributed by atoms with E-state index in [4.69, 9.17) is 9.84 Å². The van der Waals surface area contributed by atoms with Gasteiger partial charge in [-0.15, -0.1) is 24.0 Å². The minimum atomic E-state index is -0.396. The lowest BCUT2D eigenvalue weighted by atomic mass is 10.0. The van der Waals surface area contributed by atoms with Gasteiger partial charge in [-0.25, -0.2) is 4.39 Å². The highest BCUT2D eigenvalue weighted by Gasteiger charge is 2.21. The molecule has 0 aromatic heterocycles. The van der Waals surface area contributed by atoms with Crippen molar-refractivity contribution in [1.82, 2.24) is 10.6 Å². The first-order chi connectivity index (χ1) is 12.2. The third kappa shape index (κ3) is 4.85.